The molecule has 6 aliphatic rings. The van der Waals surface area contributed by atoms with Gasteiger partial charge in [-0.2, -0.15) is 0 Å². The van der Waals surface area contributed by atoms with Gasteiger partial charge in [-0.05, 0) is 138 Å². The summed E-state index contributed by atoms with van der Waals surface area (Å²) in [5.41, 5.74) is 22.2. The van der Waals surface area contributed by atoms with E-state index in [9.17, 15) is 0 Å². The third-order valence-corrected chi connectivity index (χ3v) is 16.0. The molecule has 0 N–H and O–H groups in total. The van der Waals surface area contributed by atoms with Crippen molar-refractivity contribution >= 4 is 74.3 Å². The van der Waals surface area contributed by atoms with Crippen molar-refractivity contribution in [1.82, 2.24) is 15.0 Å². The van der Waals surface area contributed by atoms with Gasteiger partial charge in [-0.15, -0.1) is 0 Å². The number of anilines is 12. The van der Waals surface area contributed by atoms with Gasteiger partial charge in [0.15, 0.2) is 17.5 Å². The minimum atomic E-state index is 0.123. The van der Waals surface area contributed by atoms with Gasteiger partial charge in [0.1, 0.15) is 18.5 Å². The molecule has 9 aromatic rings. The minimum absolute atomic E-state index is 0.123. The fraction of sp³-hybridized carbons (Fsp3) is 0.212. The van der Waals surface area contributed by atoms with Crippen molar-refractivity contribution in [3.63, 3.8) is 0 Å². The molecule has 3 unspecified atom stereocenters. The molecule has 3 atom stereocenters. The van der Waals surface area contributed by atoms with Crippen LogP contribution in [0.2, 0.25) is 0 Å². The highest BCUT2D eigenvalue weighted by atomic mass is 15.5. The molecular formula is C66H60N10. The van der Waals surface area contributed by atoms with Gasteiger partial charge in [-0.3, -0.25) is 0 Å². The molecule has 3 aromatic heterocycles. The first-order valence-corrected chi connectivity index (χ1v) is 26.5. The van der Waals surface area contributed by atoms with Crippen LogP contribution in [-0.4, -0.2) is 33.4 Å². The Labute approximate surface area is 446 Å². The van der Waals surface area contributed by atoms with Gasteiger partial charge in [-0.25, -0.2) is 19.8 Å². The average Bonchev–Trinajstić information content (AvgIpc) is 4.39. The molecule has 6 aliphatic heterocycles. The molecule has 9 heterocycles. The number of aromatic nitrogens is 3. The van der Waals surface area contributed by atoms with Crippen LogP contribution in [0.15, 0.2) is 182 Å². The van der Waals surface area contributed by atoms with E-state index in [0.717, 1.165) is 42.4 Å². The second kappa shape index (κ2) is 18.2. The summed E-state index contributed by atoms with van der Waals surface area (Å²) < 4.78 is 0. The number of para-hydroxylation sites is 5. The highest BCUT2D eigenvalue weighted by Crippen LogP contribution is 2.56. The summed E-state index contributed by atoms with van der Waals surface area (Å²) in [6.07, 6.45) is 9.19. The van der Waals surface area contributed by atoms with Crippen molar-refractivity contribution < 1.29 is 0 Å². The Balaban J connectivity index is 0.000000110. The van der Waals surface area contributed by atoms with Crippen molar-refractivity contribution in [2.45, 2.75) is 91.6 Å². The predicted molar refractivity (Wildman–Crippen MR) is 311 cm³/mol. The second-order valence-corrected chi connectivity index (χ2v) is 21.8. The molecule has 374 valence electrons. The Hall–Kier alpha value is -8.94. The van der Waals surface area contributed by atoms with E-state index < -0.39 is 0 Å². The first-order valence-electron chi connectivity index (χ1n) is 26.5. The largest absolute Gasteiger partial charge is 0.317 e. The highest BCUT2D eigenvalue weighted by Gasteiger charge is 2.47. The smallest absolute Gasteiger partial charge is 0.207 e. The van der Waals surface area contributed by atoms with Gasteiger partial charge in [0.2, 0.25) is 5.69 Å². The van der Waals surface area contributed by atoms with E-state index in [1.54, 1.807) is 6.20 Å². The quantitative estimate of drug-likeness (QED) is 0.161. The highest BCUT2D eigenvalue weighted by molar-refractivity contribution is 5.93. The molecule has 0 spiro atoms. The van der Waals surface area contributed by atoms with Crippen LogP contribution in [0.3, 0.4) is 0 Å². The van der Waals surface area contributed by atoms with E-state index in [2.05, 4.69) is 234 Å². The van der Waals surface area contributed by atoms with E-state index in [-0.39, 0.29) is 23.9 Å². The number of benzene rings is 6. The first kappa shape index (κ1) is 46.8. The molecule has 10 nitrogen and oxygen atoms in total. The number of hydrogen-bond acceptors (Lipinski definition) is 9. The van der Waals surface area contributed by atoms with E-state index in [0.29, 0.717) is 5.69 Å². The topological polar surface area (TPSA) is 62.5 Å². The van der Waals surface area contributed by atoms with Crippen molar-refractivity contribution in [2.24, 2.45) is 0 Å². The molecule has 0 saturated heterocycles. The maximum absolute atomic E-state index is 7.43. The van der Waals surface area contributed by atoms with Crippen LogP contribution >= 0.6 is 0 Å². The molecule has 0 bridgehead atoms. The van der Waals surface area contributed by atoms with E-state index in [1.165, 1.54) is 90.0 Å². The van der Waals surface area contributed by atoms with Crippen molar-refractivity contribution in [1.29, 1.82) is 0 Å². The van der Waals surface area contributed by atoms with Crippen LogP contribution in [-0.2, 0) is 24.7 Å². The summed E-state index contributed by atoms with van der Waals surface area (Å²) in [7, 11) is 0. The van der Waals surface area contributed by atoms with Crippen molar-refractivity contribution in [3.8, 4) is 0 Å². The van der Waals surface area contributed by atoms with E-state index in [4.69, 9.17) is 21.5 Å². The maximum Gasteiger partial charge on any atom is 0.207 e. The Morgan fingerprint density at radius 2 is 0.829 bits per heavy atom. The van der Waals surface area contributed by atoms with Crippen LogP contribution in [0.1, 0.15) is 65.3 Å². The normalized spacial score (nSPS) is 17.5. The molecule has 76 heavy (non-hydrogen) atoms. The fourth-order valence-electron chi connectivity index (χ4n) is 12.4. The average molecular weight is 993 g/mol. The first-order chi connectivity index (χ1) is 37.0. The van der Waals surface area contributed by atoms with E-state index >= 15 is 0 Å². The lowest BCUT2D eigenvalue weighted by Gasteiger charge is -2.28. The third-order valence-electron chi connectivity index (χ3n) is 16.0. The zero-order valence-corrected chi connectivity index (χ0v) is 44.1. The summed E-state index contributed by atoms with van der Waals surface area (Å²) in [5, 5.41) is 0. The van der Waals surface area contributed by atoms with Gasteiger partial charge in [-0.1, -0.05) is 124 Å². The second-order valence-electron chi connectivity index (χ2n) is 21.8. The van der Waals surface area contributed by atoms with Gasteiger partial charge in [0.25, 0.3) is 0 Å². The molecular weight excluding hydrogens is 933 g/mol. The minimum Gasteiger partial charge on any atom is -0.317 e. The zero-order chi connectivity index (χ0) is 52.0. The molecule has 15 rings (SSSR count). The van der Waals surface area contributed by atoms with Gasteiger partial charge in [0, 0.05) is 72.0 Å². The van der Waals surface area contributed by atoms with Crippen LogP contribution in [0.4, 0.5) is 74.3 Å². The molecule has 0 radical (unpaired) electrons. The summed E-state index contributed by atoms with van der Waals surface area (Å²) in [6.45, 7) is 22.8. The standard InChI is InChI=1S/C25H24N4.C21H19N3.C20H17N3/c1-16-8-6-7-9-20(16)28-22-14-19(26-5)15-27-24(22)29-21-11-10-18(25(2,3)4)12-17(21)13-23(28)29;1-14-11-19-21(22-13-14)24-18-10-6-4-8-16(18)12-20(24)23(19)17-9-5-3-7-15(17)2;1-14-7-2-4-9-16(14)22-18-11-6-12-21-20(18)23-17-10-5-3-8-15(17)13-19(22)23/h6-12,14-15,23H,13H2,1-4H3;3-11,13,20H,12H2,1-2H3;2-12,19H,13H2,1H3. The number of rotatable bonds is 3. The van der Waals surface area contributed by atoms with Gasteiger partial charge >= 0.3 is 0 Å². The zero-order valence-electron chi connectivity index (χ0n) is 44.1. The molecule has 0 fully saturated rings. The van der Waals surface area contributed by atoms with Crippen molar-refractivity contribution in [3.05, 3.63) is 238 Å². The van der Waals surface area contributed by atoms with E-state index in [1.807, 2.05) is 24.5 Å². The third kappa shape index (κ3) is 7.55. The Morgan fingerprint density at radius 1 is 0.408 bits per heavy atom. The van der Waals surface area contributed by atoms with Crippen LogP contribution in [0.5, 0.6) is 0 Å². The molecule has 0 aliphatic carbocycles. The van der Waals surface area contributed by atoms with Gasteiger partial charge < -0.3 is 29.4 Å². The molecule has 10 heteroatoms. The molecule has 6 aromatic carbocycles. The molecule has 0 amide bonds. The number of fused-ring (bicyclic) bond motifs is 15. The lowest BCUT2D eigenvalue weighted by molar-refractivity contribution is 0.589. The Morgan fingerprint density at radius 3 is 1.34 bits per heavy atom. The maximum atomic E-state index is 7.43. The number of hydrogen-bond donors (Lipinski definition) is 0. The number of aryl methyl sites for hydroxylation is 4. The van der Waals surface area contributed by atoms with Gasteiger partial charge in [0.05, 0.1) is 23.6 Å². The van der Waals surface area contributed by atoms with Crippen molar-refractivity contribution in [2.75, 3.05) is 29.4 Å². The SMILES string of the molecule is Cc1ccccc1N1c2cccnc2N2c3ccccc3CC12.Cc1cnc2c(c1)N(c1ccccc1C)C1Cc3ccccc3N21.[C-]#[N+]c1cnc2c(c1)N(c1ccccc1C)C1Cc3cc(C(C)(C)C)ccc3N21. The summed E-state index contributed by atoms with van der Waals surface area (Å²) in [5.74, 6) is 3.07. The lowest BCUT2D eigenvalue weighted by Crippen LogP contribution is -2.36. The summed E-state index contributed by atoms with van der Waals surface area (Å²) in [6, 6.07) is 58.3. The fourth-order valence-corrected chi connectivity index (χ4v) is 12.4. The van der Waals surface area contributed by atoms with Crippen LogP contribution in [0, 0.1) is 34.3 Å². The summed E-state index contributed by atoms with van der Waals surface area (Å²) in [4.78, 5) is 32.2. The lowest BCUT2D eigenvalue weighted by atomic mass is 9.86. The molecule has 0 saturated carbocycles. The van der Waals surface area contributed by atoms with Crippen LogP contribution in [0.25, 0.3) is 4.85 Å². The summed E-state index contributed by atoms with van der Waals surface area (Å²) >= 11 is 0. The number of pyridine rings is 3. The predicted octanol–water partition coefficient (Wildman–Crippen LogP) is 15.8. The monoisotopic (exact) mass is 993 g/mol. The Bertz CT molecular complexity index is 3800. The van der Waals surface area contributed by atoms with Crippen LogP contribution < -0.4 is 29.4 Å². The Kier molecular flexibility index (Phi) is 11.2. The number of nitrogens with zero attached hydrogens (tertiary/aromatic N) is 10.